The molecule has 1 unspecified atom stereocenters. The number of aromatic nitrogens is 4. The third kappa shape index (κ3) is 6.06. The highest BCUT2D eigenvalue weighted by molar-refractivity contribution is 8.29. The van der Waals surface area contributed by atoms with Gasteiger partial charge in [-0.15, -0.1) is 0 Å². The van der Waals surface area contributed by atoms with E-state index in [1.807, 2.05) is 0 Å². The molecular formula is C18H29N9O7S. The van der Waals surface area contributed by atoms with Crippen LogP contribution in [0.4, 0.5) is 5.82 Å². The van der Waals surface area contributed by atoms with E-state index in [2.05, 4.69) is 19.9 Å². The molecule has 11 N–H and O–H groups in total. The lowest BCUT2D eigenvalue weighted by Crippen LogP contribution is -2.37. The Labute approximate surface area is 200 Å². The summed E-state index contributed by atoms with van der Waals surface area (Å²) in [5.41, 5.74) is 22.5. The largest absolute Gasteiger partial charge is 0.480 e. The first kappa shape index (κ1) is 26.4. The van der Waals surface area contributed by atoms with Gasteiger partial charge in [-0.3, -0.25) is 9.36 Å². The summed E-state index contributed by atoms with van der Waals surface area (Å²) in [6, 6.07) is -1.19. The molecule has 3 heterocycles. The standard InChI is InChI=1S/C18H29N9O7S/c1-35(3-2-8(19)17(31)32,34-10(28)4-23-18(21)22)5-9-12(29)13(30)16(33-9)27-7-26-11-14(20)24-6-25-15(11)27/h6-9,12-13,16,29-30H,2-5,19H2,1H3,(H,31,32)(H2,20,24,25)(H4,21,22,23)/t8-,9+,12+,13+,16+/m0/s1. The van der Waals surface area contributed by atoms with Crippen molar-refractivity contribution in [2.75, 3.05) is 30.0 Å². The first-order chi connectivity index (χ1) is 16.4. The Morgan fingerprint density at radius 2 is 2.00 bits per heavy atom. The molecule has 194 valence electrons. The molecule has 1 fully saturated rings. The Hall–Kier alpha value is -3.25. The smallest absolute Gasteiger partial charge is 0.338 e. The van der Waals surface area contributed by atoms with Crippen molar-refractivity contribution in [1.82, 2.24) is 19.5 Å². The number of nitrogens with zero attached hydrogens (tertiary/aromatic N) is 5. The molecule has 16 nitrogen and oxygen atoms in total. The van der Waals surface area contributed by atoms with Crippen molar-refractivity contribution in [3.63, 3.8) is 0 Å². The quantitative estimate of drug-likeness (QED) is 0.123. The molecular weight excluding hydrogens is 486 g/mol. The zero-order valence-corrected chi connectivity index (χ0v) is 19.6. The van der Waals surface area contributed by atoms with Gasteiger partial charge in [0, 0.05) is 11.5 Å². The number of guanidine groups is 1. The van der Waals surface area contributed by atoms with Crippen molar-refractivity contribution in [2.24, 2.45) is 22.2 Å². The van der Waals surface area contributed by atoms with Crippen molar-refractivity contribution in [1.29, 1.82) is 0 Å². The number of aliphatic imine (C=N–C) groups is 1. The maximum absolute atomic E-state index is 12.3. The van der Waals surface area contributed by atoms with Crippen LogP contribution in [0.2, 0.25) is 0 Å². The normalized spacial score (nSPS) is 25.5. The molecule has 0 spiro atoms. The van der Waals surface area contributed by atoms with Gasteiger partial charge in [0.25, 0.3) is 0 Å². The summed E-state index contributed by atoms with van der Waals surface area (Å²) in [6.07, 6.45) is -0.608. The van der Waals surface area contributed by atoms with Crippen molar-refractivity contribution in [2.45, 2.75) is 37.0 Å². The van der Waals surface area contributed by atoms with E-state index in [-0.39, 0.29) is 29.7 Å². The van der Waals surface area contributed by atoms with Crippen LogP contribution in [-0.2, 0) is 18.5 Å². The van der Waals surface area contributed by atoms with E-state index in [0.717, 1.165) is 0 Å². The van der Waals surface area contributed by atoms with Gasteiger partial charge >= 0.3 is 11.9 Å². The van der Waals surface area contributed by atoms with Crippen LogP contribution in [0.1, 0.15) is 12.6 Å². The lowest BCUT2D eigenvalue weighted by Gasteiger charge is -2.37. The van der Waals surface area contributed by atoms with Gasteiger partial charge in [0.05, 0.1) is 12.4 Å². The van der Waals surface area contributed by atoms with E-state index in [1.165, 1.54) is 17.2 Å². The number of hydrogen-bond acceptors (Lipinski definition) is 12. The van der Waals surface area contributed by atoms with E-state index in [1.54, 1.807) is 6.26 Å². The molecule has 2 aromatic rings. The average Bonchev–Trinajstić information content (AvgIpc) is 3.33. The SMILES string of the molecule is CS(CC[C@H](N)C(=O)O)(C[C@H]1O[C@@H](n2cnc3c(N)ncnc32)[C@H](O)[C@@H]1O)OC(=O)CN=C(N)N. The van der Waals surface area contributed by atoms with E-state index in [4.69, 9.17) is 37.0 Å². The number of rotatable bonds is 10. The monoisotopic (exact) mass is 515 g/mol. The molecule has 0 aliphatic carbocycles. The summed E-state index contributed by atoms with van der Waals surface area (Å²) in [7, 11) is -2.41. The number of hydrogen-bond donors (Lipinski definition) is 7. The number of aliphatic carboxylic acids is 1. The summed E-state index contributed by atoms with van der Waals surface area (Å²) in [6.45, 7) is -0.447. The Morgan fingerprint density at radius 3 is 2.66 bits per heavy atom. The van der Waals surface area contributed by atoms with Crippen LogP contribution in [0, 0.1) is 0 Å². The fourth-order valence-electron chi connectivity index (χ4n) is 3.57. The first-order valence-electron chi connectivity index (χ1n) is 10.4. The third-order valence-electron chi connectivity index (χ3n) is 5.38. The Kier molecular flexibility index (Phi) is 7.96. The summed E-state index contributed by atoms with van der Waals surface area (Å²) in [4.78, 5) is 39.2. The molecule has 2 aromatic heterocycles. The zero-order chi connectivity index (χ0) is 25.9. The molecule has 3 rings (SSSR count). The number of anilines is 1. The number of imidazole rings is 1. The topological polar surface area (TPSA) is 273 Å². The molecule has 1 aliphatic heterocycles. The first-order valence-corrected chi connectivity index (χ1v) is 12.7. The Morgan fingerprint density at radius 1 is 1.29 bits per heavy atom. The zero-order valence-electron chi connectivity index (χ0n) is 18.8. The molecule has 0 saturated carbocycles. The molecule has 0 radical (unpaired) electrons. The molecule has 0 bridgehead atoms. The third-order valence-corrected chi connectivity index (χ3v) is 8.10. The number of carboxylic acid groups (broad SMARTS) is 1. The number of nitrogens with two attached hydrogens (primary N) is 4. The number of carbonyl (C=O) groups is 2. The van der Waals surface area contributed by atoms with E-state index in [0.29, 0.717) is 11.2 Å². The number of nitrogen functional groups attached to an aromatic ring is 1. The van der Waals surface area contributed by atoms with Gasteiger partial charge in [0.15, 0.2) is 23.7 Å². The number of aliphatic hydroxyl groups is 2. The fraction of sp³-hybridized carbons (Fsp3) is 0.556. The van der Waals surface area contributed by atoms with Gasteiger partial charge in [-0.1, -0.05) is 10.3 Å². The summed E-state index contributed by atoms with van der Waals surface area (Å²) < 4.78 is 13.0. The van der Waals surface area contributed by atoms with Crippen molar-refractivity contribution in [3.05, 3.63) is 12.7 Å². The molecule has 35 heavy (non-hydrogen) atoms. The van der Waals surface area contributed by atoms with E-state index in [9.17, 15) is 19.8 Å². The fourth-order valence-corrected chi connectivity index (χ4v) is 6.11. The minimum Gasteiger partial charge on any atom is -0.480 e. The Balaban J connectivity index is 1.81. The lowest BCUT2D eigenvalue weighted by molar-refractivity contribution is -0.138. The molecule has 6 atom stereocenters. The van der Waals surface area contributed by atoms with E-state index >= 15 is 0 Å². The van der Waals surface area contributed by atoms with Crippen LogP contribution in [-0.4, -0.2) is 101 Å². The van der Waals surface area contributed by atoms with Crippen LogP contribution < -0.4 is 22.9 Å². The number of fused-ring (bicyclic) bond motifs is 1. The average molecular weight is 516 g/mol. The Bertz CT molecular complexity index is 1110. The number of ether oxygens (including phenoxy) is 1. The number of aliphatic hydroxyl groups excluding tert-OH is 2. The minimum absolute atomic E-state index is 0.00606. The van der Waals surface area contributed by atoms with Gasteiger partial charge in [0.1, 0.15) is 36.6 Å². The van der Waals surface area contributed by atoms with Crippen LogP contribution in [0.3, 0.4) is 0 Å². The maximum Gasteiger partial charge on any atom is 0.338 e. The van der Waals surface area contributed by atoms with Gasteiger partial charge < -0.3 is 47.2 Å². The molecule has 1 aliphatic rings. The molecule has 0 aromatic carbocycles. The minimum atomic E-state index is -2.41. The van der Waals surface area contributed by atoms with Crippen molar-refractivity contribution in [3.8, 4) is 0 Å². The second-order valence-electron chi connectivity index (χ2n) is 8.11. The predicted octanol–water partition coefficient (Wildman–Crippen LogP) is -3.00. The summed E-state index contributed by atoms with van der Waals surface area (Å²) in [5, 5.41) is 30.5. The summed E-state index contributed by atoms with van der Waals surface area (Å²) in [5.74, 6) is -2.05. The van der Waals surface area contributed by atoms with Gasteiger partial charge in [-0.25, -0.2) is 24.7 Å². The van der Waals surface area contributed by atoms with E-state index < -0.39 is 59.4 Å². The van der Waals surface area contributed by atoms with Gasteiger partial charge in [-0.2, -0.15) is 0 Å². The highest BCUT2D eigenvalue weighted by Gasteiger charge is 2.46. The maximum atomic E-state index is 12.3. The highest BCUT2D eigenvalue weighted by atomic mass is 32.3. The highest BCUT2D eigenvalue weighted by Crippen LogP contribution is 2.49. The van der Waals surface area contributed by atoms with Gasteiger partial charge in [-0.05, 0) is 12.7 Å². The lowest BCUT2D eigenvalue weighted by atomic mass is 10.1. The number of carboxylic acids is 1. The molecule has 0 amide bonds. The van der Waals surface area contributed by atoms with Crippen LogP contribution in [0.25, 0.3) is 11.2 Å². The van der Waals surface area contributed by atoms with Crippen molar-refractivity contribution < 1.29 is 33.8 Å². The summed E-state index contributed by atoms with van der Waals surface area (Å²) >= 11 is 0. The van der Waals surface area contributed by atoms with Crippen molar-refractivity contribution >= 4 is 45.2 Å². The number of carbonyl (C=O) groups excluding carboxylic acids is 1. The van der Waals surface area contributed by atoms with Crippen LogP contribution in [0.15, 0.2) is 17.6 Å². The van der Waals surface area contributed by atoms with Crippen LogP contribution >= 0.6 is 10.3 Å². The molecule has 1 saturated heterocycles. The van der Waals surface area contributed by atoms with Gasteiger partial charge in [0.2, 0.25) is 0 Å². The second-order valence-corrected chi connectivity index (χ2v) is 11.4. The molecule has 17 heteroatoms. The van der Waals surface area contributed by atoms with Crippen LogP contribution in [0.5, 0.6) is 0 Å². The second kappa shape index (κ2) is 10.6. The predicted molar refractivity (Wildman–Crippen MR) is 126 cm³/mol.